The van der Waals surface area contributed by atoms with Crippen LogP contribution in [0.2, 0.25) is 46.4 Å². The SMILES string of the molecule is Cc1cc(N(C)CC(=O)Cc2cc(Cl)nc(Cl)c2)nc2c1c(N(C)C)nn2C.Cc1nn(C)c2nc(C(=O)CC(=O)Cc3cc(Cl)nc(Cl)c3)cc(C(C)C)c12.Cc1nn(C)c2nc(N(C)CC(=O)Cc3cc(Cl)nc(Cl)c3)cc(C(F)(F)F)c12.Cc1nn(C)c2nc(N(C)CC(=O)Cc3cc(Cl)nc(I)c3)cc(C(C)C)c12.Cc1nn(C)c2nc(NCC(=O)Cc3cc(Cl)nc(Cl)c3)cc(C(F)(F)F)c12. The molecule has 0 bridgehead atoms. The van der Waals surface area contributed by atoms with Crippen molar-refractivity contribution < 1.29 is 55.1 Å². The molecule has 0 aliphatic rings. The number of aryl methyl sites for hydroxylation is 10. The van der Waals surface area contributed by atoms with Crippen molar-refractivity contribution in [3.8, 4) is 0 Å². The van der Waals surface area contributed by atoms with Crippen molar-refractivity contribution in [2.24, 2.45) is 35.2 Å². The largest absolute Gasteiger partial charge is 0.417 e. The summed E-state index contributed by atoms with van der Waals surface area (Å²) in [6.45, 7) is 17.5. The van der Waals surface area contributed by atoms with E-state index in [1.807, 2.05) is 89.9 Å². The minimum absolute atomic E-state index is 0.00545. The summed E-state index contributed by atoms with van der Waals surface area (Å²) in [5, 5.41) is 29.1. The van der Waals surface area contributed by atoms with Gasteiger partial charge in [-0.1, -0.05) is 132 Å². The molecule has 0 atom stereocenters. The molecule has 0 aromatic carbocycles. The second-order valence-corrected chi connectivity index (χ2v) is 38.8. The van der Waals surface area contributed by atoms with E-state index < -0.39 is 23.5 Å². The van der Waals surface area contributed by atoms with Crippen LogP contribution in [0.15, 0.2) is 91.0 Å². The van der Waals surface area contributed by atoms with Crippen molar-refractivity contribution in [3.05, 3.63) is 225 Å². The first-order valence-corrected chi connectivity index (χ1v) is 47.6. The maximum Gasteiger partial charge on any atom is 0.417 e. The lowest BCUT2D eigenvalue weighted by molar-refractivity contribution is -0.137. The average Bonchev–Trinajstić information content (AvgIpc) is 1.67. The zero-order chi connectivity index (χ0) is 104. The summed E-state index contributed by atoms with van der Waals surface area (Å²) < 4.78 is 89.7. The van der Waals surface area contributed by atoms with Gasteiger partial charge < -0.3 is 24.9 Å². The number of hydrogen-bond donors (Lipinski definition) is 1. The third-order valence-electron chi connectivity index (χ3n) is 21.8. The molecule has 1 N–H and O–H groups in total. The number of fused-ring (bicyclic) bond motifs is 5. The number of rotatable bonds is 28. The summed E-state index contributed by atoms with van der Waals surface area (Å²) in [6.07, 6.45) is -8.82. The number of aromatic nitrogens is 20. The molecule has 0 fully saturated rings. The van der Waals surface area contributed by atoms with Crippen LogP contribution in [-0.2, 0) is 104 Å². The van der Waals surface area contributed by atoms with Crippen LogP contribution < -0.4 is 24.9 Å². The van der Waals surface area contributed by atoms with E-state index >= 15 is 0 Å². The number of pyridine rings is 10. The van der Waals surface area contributed by atoms with Crippen molar-refractivity contribution in [1.82, 2.24) is 98.7 Å². The second-order valence-electron chi connectivity index (χ2n) is 34.2. The van der Waals surface area contributed by atoms with E-state index in [2.05, 4.69) is 127 Å². The van der Waals surface area contributed by atoms with Gasteiger partial charge in [-0.2, -0.15) is 51.8 Å². The molecule has 47 heteroatoms. The van der Waals surface area contributed by atoms with E-state index in [0.717, 1.165) is 94.4 Å². The molecule has 0 unspecified atom stereocenters. The molecule has 31 nitrogen and oxygen atoms in total. The Morgan fingerprint density at radius 2 is 0.667 bits per heavy atom. The van der Waals surface area contributed by atoms with E-state index in [0.29, 0.717) is 39.8 Å². The van der Waals surface area contributed by atoms with E-state index in [9.17, 15) is 55.1 Å². The Kier molecular flexibility index (Phi) is 36.3. The number of likely N-dealkylation sites (N-methyl/N-ethyl adjacent to an activating group) is 3. The number of anilines is 5. The quantitative estimate of drug-likeness (QED) is 0.0156. The second kappa shape index (κ2) is 46.4. The van der Waals surface area contributed by atoms with Gasteiger partial charge in [0.15, 0.2) is 63.0 Å². The maximum absolute atomic E-state index is 13.6. The predicted octanol–water partition coefficient (Wildman–Crippen LogP) is 20.5. The third kappa shape index (κ3) is 28.4. The number of Topliss-reactive ketones (excluding diaryl/α,β-unsaturated/α-hetero) is 6. The molecule has 0 saturated carbocycles. The molecule has 0 spiro atoms. The fourth-order valence-electron chi connectivity index (χ4n) is 15.7. The van der Waals surface area contributed by atoms with E-state index in [1.165, 1.54) is 79.1 Å². The van der Waals surface area contributed by atoms with Crippen LogP contribution in [0, 0.1) is 38.3 Å². The number of alkyl halides is 6. The van der Waals surface area contributed by atoms with Gasteiger partial charge >= 0.3 is 12.4 Å². The Labute approximate surface area is 864 Å². The standard InChI is InChI=1S/C20H20Cl2N4O2.C20H23ClIN5O.C19H22Cl2N6O.C18H16Cl2F3N5O.C17H14Cl2F3N5O/c1-10(2)14-9-15(23-20-19(14)11(3)25-26(20)4)16(28)8-13(27)5-12-6-17(21)24-18(22)7-12;1-11(2)15-9-18(24-20-19(15)12(3)25-27(20)5)26(4)10-14(28)6-13-7-16(21)23-17(22)8-13;1-11-6-16(23-18-17(11)19(25(2)3)24-27(18)5)26(4)10-13(28)7-12-8-14(20)22-15(21)9-12;1-9-16-12(18(21,22)23)7-15(25-17(16)28(3)26-9)27(2)8-11(29)4-10-5-13(19)24-14(20)6-10;1-8-15-11(17(20,21)22)6-14(25-16(15)27(2)26-8)23-7-10(28)3-9-4-12(18)24-13(19)5-9/h6-7,9-10H,5,8H2,1-4H3;7-9,11H,6,10H2,1-5H3;6,8-9H,7,10H2,1-5H3;5-7H,4,8H2,1-3H3;4-6H,3,7H2,1-2H3,(H,23,25). The fraction of sp³-hybridized carbons (Fsp3) is 0.351. The Hall–Kier alpha value is -11.2. The van der Waals surface area contributed by atoms with Gasteiger partial charge in [-0.05, 0) is 205 Å². The first-order chi connectivity index (χ1) is 65.9. The molecule has 0 aliphatic heterocycles. The molecule has 0 saturated heterocycles. The summed E-state index contributed by atoms with van der Waals surface area (Å²) >= 11 is 54.9. The van der Waals surface area contributed by atoms with Gasteiger partial charge in [0.05, 0.1) is 82.7 Å². The Balaban J connectivity index is 0.000000168. The molecule has 15 aromatic heterocycles. The molecule has 15 aromatic rings. The molecule has 15 heterocycles. The topological polar surface area (TPSA) is 345 Å². The smallest absolute Gasteiger partial charge is 0.363 e. The van der Waals surface area contributed by atoms with E-state index in [1.54, 1.807) is 57.5 Å². The number of ketones is 6. The minimum Gasteiger partial charge on any atom is -0.363 e. The zero-order valence-corrected chi connectivity index (χ0v) is 88.6. The number of carbonyl (C=O) groups excluding carboxylic acids is 6. The van der Waals surface area contributed by atoms with E-state index in [-0.39, 0.29) is 191 Å². The summed E-state index contributed by atoms with van der Waals surface area (Å²) in [7, 11) is 17.7. The summed E-state index contributed by atoms with van der Waals surface area (Å²) in [5.41, 5.74) is 9.94. The maximum atomic E-state index is 13.6. The summed E-state index contributed by atoms with van der Waals surface area (Å²) in [6, 6.07) is 23.7. The highest BCUT2D eigenvalue weighted by Gasteiger charge is 2.38. The number of nitrogens with one attached hydrogen (secondary N) is 1. The molecule has 0 aliphatic carbocycles. The van der Waals surface area contributed by atoms with Crippen LogP contribution in [-0.4, -0.2) is 195 Å². The van der Waals surface area contributed by atoms with Gasteiger partial charge in [0, 0.05) is 113 Å². The molecule has 141 heavy (non-hydrogen) atoms. The van der Waals surface area contributed by atoms with Crippen LogP contribution in [0.3, 0.4) is 0 Å². The van der Waals surface area contributed by atoms with Crippen molar-refractivity contribution in [2.75, 3.05) is 86.3 Å². The van der Waals surface area contributed by atoms with Gasteiger partial charge in [0.25, 0.3) is 0 Å². The highest BCUT2D eigenvalue weighted by Crippen LogP contribution is 2.41. The Morgan fingerprint density at radius 1 is 0.362 bits per heavy atom. The lowest BCUT2D eigenvalue weighted by Gasteiger charge is -2.20. The Bertz CT molecular complexity index is 7220. The van der Waals surface area contributed by atoms with Crippen molar-refractivity contribution in [3.63, 3.8) is 0 Å². The molecule has 0 amide bonds. The van der Waals surface area contributed by atoms with Crippen molar-refractivity contribution >= 4 is 246 Å². The van der Waals surface area contributed by atoms with Gasteiger partial charge in [0.1, 0.15) is 84.8 Å². The summed E-state index contributed by atoms with van der Waals surface area (Å²) in [4.78, 5) is 124. The monoisotopic (exact) mass is 2230 g/mol. The normalized spacial score (nSPS) is 11.5. The van der Waals surface area contributed by atoms with Crippen molar-refractivity contribution in [2.45, 2.75) is 125 Å². The van der Waals surface area contributed by atoms with Crippen LogP contribution in [0.25, 0.3) is 55.2 Å². The summed E-state index contributed by atoms with van der Waals surface area (Å²) in [5.74, 6) is 1.87. The lowest BCUT2D eigenvalue weighted by Crippen LogP contribution is -2.28. The molecular formula is C94H95Cl9F6IN25O6. The van der Waals surface area contributed by atoms with Gasteiger partial charge in [-0.3, -0.25) is 47.5 Å². The van der Waals surface area contributed by atoms with Crippen LogP contribution in [0.5, 0.6) is 0 Å². The lowest BCUT2D eigenvalue weighted by atomic mass is 9.97. The Morgan fingerprint density at radius 3 is 1.04 bits per heavy atom. The highest BCUT2D eigenvalue weighted by atomic mass is 127. The number of hydrogen-bond acceptors (Lipinski definition) is 26. The van der Waals surface area contributed by atoms with E-state index in [4.69, 9.17) is 114 Å². The van der Waals surface area contributed by atoms with Gasteiger partial charge in [-0.25, -0.2) is 54.5 Å². The zero-order valence-electron chi connectivity index (χ0n) is 79.6. The van der Waals surface area contributed by atoms with Crippen LogP contribution in [0.4, 0.5) is 55.4 Å². The highest BCUT2D eigenvalue weighted by molar-refractivity contribution is 14.1. The molecule has 744 valence electrons. The molecular weight excluding hydrogens is 2140 g/mol. The van der Waals surface area contributed by atoms with Crippen molar-refractivity contribution in [1.29, 1.82) is 0 Å². The first kappa shape index (κ1) is 110. The fourth-order valence-corrected chi connectivity index (χ4v) is 18.8. The predicted molar refractivity (Wildman–Crippen MR) is 549 cm³/mol. The first-order valence-electron chi connectivity index (χ1n) is 43.1. The van der Waals surface area contributed by atoms with Crippen LogP contribution >= 0.6 is 127 Å². The average molecular weight is 2230 g/mol. The third-order valence-corrected chi connectivity index (χ3v) is 24.1. The van der Waals surface area contributed by atoms with Crippen LogP contribution in [0.1, 0.15) is 135 Å². The van der Waals surface area contributed by atoms with Gasteiger partial charge in [0.2, 0.25) is 0 Å². The van der Waals surface area contributed by atoms with Gasteiger partial charge in [-0.15, -0.1) is 0 Å². The number of nitrogens with zero attached hydrogens (tertiary/aromatic N) is 24. The molecule has 15 rings (SSSR count). The number of halogens is 16. The minimum atomic E-state index is -4.58. The number of carbonyl (C=O) groups is 6. The molecule has 0 radical (unpaired) electrons.